The number of halogens is 3. The van der Waals surface area contributed by atoms with E-state index in [1.54, 1.807) is 12.1 Å². The summed E-state index contributed by atoms with van der Waals surface area (Å²) in [5.74, 6) is -0.628. The van der Waals surface area contributed by atoms with Gasteiger partial charge in [0.05, 0.1) is 5.60 Å². The maximum atomic E-state index is 13.4. The van der Waals surface area contributed by atoms with Crippen LogP contribution in [0.15, 0.2) is 40.9 Å². The van der Waals surface area contributed by atoms with Crippen molar-refractivity contribution in [3.8, 4) is 0 Å². The number of fused-ring (bicyclic) bond motifs is 1. The van der Waals surface area contributed by atoms with Gasteiger partial charge in [-0.15, -0.1) is 0 Å². The van der Waals surface area contributed by atoms with Crippen LogP contribution in [0.1, 0.15) is 23.1 Å². The van der Waals surface area contributed by atoms with Gasteiger partial charge in [0.25, 0.3) is 0 Å². The number of hydrogen-bond acceptors (Lipinski definition) is 1. The van der Waals surface area contributed by atoms with Crippen LogP contribution in [0.2, 0.25) is 0 Å². The van der Waals surface area contributed by atoms with E-state index in [-0.39, 0.29) is 11.6 Å². The monoisotopic (exact) mass is 338 g/mol. The minimum atomic E-state index is -1.05. The van der Waals surface area contributed by atoms with Gasteiger partial charge in [-0.25, -0.2) is 8.78 Å². The Balaban J connectivity index is 1.95. The molecule has 0 fully saturated rings. The smallest absolute Gasteiger partial charge is 0.124 e. The van der Waals surface area contributed by atoms with Gasteiger partial charge in [-0.2, -0.15) is 0 Å². The van der Waals surface area contributed by atoms with Crippen molar-refractivity contribution in [2.45, 2.75) is 24.9 Å². The third-order valence-electron chi connectivity index (χ3n) is 3.80. The van der Waals surface area contributed by atoms with Crippen molar-refractivity contribution in [3.63, 3.8) is 0 Å². The summed E-state index contributed by atoms with van der Waals surface area (Å²) in [6.45, 7) is 0. The fourth-order valence-corrected chi connectivity index (χ4v) is 3.45. The lowest BCUT2D eigenvalue weighted by Gasteiger charge is -2.24. The van der Waals surface area contributed by atoms with E-state index in [2.05, 4.69) is 15.9 Å². The number of aliphatic hydroxyl groups is 1. The van der Waals surface area contributed by atoms with Crippen molar-refractivity contribution in [2.24, 2.45) is 0 Å². The molecule has 1 N–H and O–H groups in total. The standard InChI is InChI=1S/C16H13BrF2O/c17-12-5-10(6-14(19)8-12)9-16(20)4-3-11-7-13(18)1-2-15(11)16/h1-2,5-8,20H,3-4,9H2. The van der Waals surface area contributed by atoms with Crippen LogP contribution in [0.3, 0.4) is 0 Å². The first-order chi connectivity index (χ1) is 9.46. The molecule has 3 rings (SSSR count). The van der Waals surface area contributed by atoms with Gasteiger partial charge in [0.2, 0.25) is 0 Å². The summed E-state index contributed by atoms with van der Waals surface area (Å²) in [4.78, 5) is 0. The van der Waals surface area contributed by atoms with Crippen LogP contribution in [0.5, 0.6) is 0 Å². The molecule has 20 heavy (non-hydrogen) atoms. The summed E-state index contributed by atoms with van der Waals surface area (Å²) in [7, 11) is 0. The van der Waals surface area contributed by atoms with Gasteiger partial charge in [-0.1, -0.05) is 22.0 Å². The minimum Gasteiger partial charge on any atom is -0.385 e. The predicted molar refractivity (Wildman–Crippen MR) is 76.4 cm³/mol. The molecular formula is C16H13BrF2O. The van der Waals surface area contributed by atoms with Crippen molar-refractivity contribution < 1.29 is 13.9 Å². The quantitative estimate of drug-likeness (QED) is 0.873. The Morgan fingerprint density at radius 2 is 1.90 bits per heavy atom. The highest BCUT2D eigenvalue weighted by Crippen LogP contribution is 2.39. The molecule has 1 aliphatic carbocycles. The first-order valence-electron chi connectivity index (χ1n) is 6.42. The summed E-state index contributed by atoms with van der Waals surface area (Å²) < 4.78 is 27.3. The van der Waals surface area contributed by atoms with Gasteiger partial charge in [-0.3, -0.25) is 0 Å². The molecular weight excluding hydrogens is 326 g/mol. The normalized spacial score (nSPS) is 21.0. The zero-order valence-corrected chi connectivity index (χ0v) is 12.3. The molecule has 0 saturated heterocycles. The molecule has 0 aromatic heterocycles. The van der Waals surface area contributed by atoms with E-state index in [0.717, 1.165) is 16.7 Å². The van der Waals surface area contributed by atoms with Crippen LogP contribution in [-0.2, 0) is 18.4 Å². The molecule has 1 atom stereocenters. The Labute approximate surface area is 124 Å². The SMILES string of the molecule is OC1(Cc2cc(F)cc(Br)c2)CCc2cc(F)ccc21. The molecule has 1 nitrogen and oxygen atoms in total. The number of hydrogen-bond donors (Lipinski definition) is 1. The highest BCUT2D eigenvalue weighted by atomic mass is 79.9. The van der Waals surface area contributed by atoms with Crippen LogP contribution in [0, 0.1) is 11.6 Å². The fourth-order valence-electron chi connectivity index (χ4n) is 2.93. The zero-order chi connectivity index (χ0) is 14.3. The van der Waals surface area contributed by atoms with Crippen LogP contribution in [0.4, 0.5) is 8.78 Å². The summed E-state index contributed by atoms with van der Waals surface area (Å²) in [6.07, 6.45) is 1.49. The molecule has 0 bridgehead atoms. The van der Waals surface area contributed by atoms with Gasteiger partial charge in [0, 0.05) is 10.9 Å². The van der Waals surface area contributed by atoms with E-state index in [1.165, 1.54) is 24.3 Å². The molecule has 0 saturated carbocycles. The Kier molecular flexibility index (Phi) is 3.38. The first kappa shape index (κ1) is 13.7. The van der Waals surface area contributed by atoms with E-state index in [0.29, 0.717) is 23.7 Å². The van der Waals surface area contributed by atoms with Crippen LogP contribution in [-0.4, -0.2) is 5.11 Å². The van der Waals surface area contributed by atoms with Crippen molar-refractivity contribution >= 4 is 15.9 Å². The molecule has 4 heteroatoms. The Hall–Kier alpha value is -1.26. The van der Waals surface area contributed by atoms with Gasteiger partial charge in [0.1, 0.15) is 11.6 Å². The van der Waals surface area contributed by atoms with Crippen molar-refractivity contribution in [1.82, 2.24) is 0 Å². The predicted octanol–water partition coefficient (Wildman–Crippen LogP) is 4.10. The van der Waals surface area contributed by atoms with Gasteiger partial charge in [0.15, 0.2) is 0 Å². The first-order valence-corrected chi connectivity index (χ1v) is 7.22. The molecule has 2 aromatic carbocycles. The lowest BCUT2D eigenvalue weighted by molar-refractivity contribution is 0.0389. The van der Waals surface area contributed by atoms with Gasteiger partial charge < -0.3 is 5.11 Å². The summed E-state index contributed by atoms with van der Waals surface area (Å²) in [6, 6.07) is 9.05. The maximum absolute atomic E-state index is 13.4. The van der Waals surface area contributed by atoms with E-state index in [9.17, 15) is 13.9 Å². The van der Waals surface area contributed by atoms with Crippen LogP contribution in [0.25, 0.3) is 0 Å². The van der Waals surface area contributed by atoms with Gasteiger partial charge >= 0.3 is 0 Å². The largest absolute Gasteiger partial charge is 0.385 e. The second-order valence-corrected chi connectivity index (χ2v) is 6.20. The highest BCUT2D eigenvalue weighted by Gasteiger charge is 2.36. The Morgan fingerprint density at radius 3 is 2.65 bits per heavy atom. The summed E-state index contributed by atoms with van der Waals surface area (Å²) in [5.41, 5.74) is 1.26. The number of rotatable bonds is 2. The molecule has 2 aromatic rings. The van der Waals surface area contributed by atoms with Crippen LogP contribution >= 0.6 is 15.9 Å². The van der Waals surface area contributed by atoms with E-state index in [1.807, 2.05) is 0 Å². The Bertz CT molecular complexity index is 651. The third-order valence-corrected chi connectivity index (χ3v) is 4.25. The summed E-state index contributed by atoms with van der Waals surface area (Å²) in [5, 5.41) is 10.8. The number of benzene rings is 2. The zero-order valence-electron chi connectivity index (χ0n) is 10.7. The van der Waals surface area contributed by atoms with Gasteiger partial charge in [-0.05, 0) is 59.9 Å². The topological polar surface area (TPSA) is 20.2 Å². The lowest BCUT2D eigenvalue weighted by Crippen LogP contribution is -2.25. The molecule has 1 unspecified atom stereocenters. The highest BCUT2D eigenvalue weighted by molar-refractivity contribution is 9.10. The average Bonchev–Trinajstić information content (AvgIpc) is 2.65. The van der Waals surface area contributed by atoms with Crippen LogP contribution < -0.4 is 0 Å². The van der Waals surface area contributed by atoms with Crippen molar-refractivity contribution in [3.05, 3.63) is 69.2 Å². The van der Waals surface area contributed by atoms with Crippen molar-refractivity contribution in [2.75, 3.05) is 0 Å². The Morgan fingerprint density at radius 1 is 1.10 bits per heavy atom. The average molecular weight is 339 g/mol. The molecule has 0 aliphatic heterocycles. The molecule has 0 amide bonds. The molecule has 1 aliphatic rings. The van der Waals surface area contributed by atoms with E-state index in [4.69, 9.17) is 0 Å². The molecule has 0 spiro atoms. The second kappa shape index (κ2) is 4.93. The van der Waals surface area contributed by atoms with E-state index < -0.39 is 5.60 Å². The van der Waals surface area contributed by atoms with E-state index >= 15 is 0 Å². The maximum Gasteiger partial charge on any atom is 0.124 e. The minimum absolute atomic E-state index is 0.290. The second-order valence-electron chi connectivity index (χ2n) is 5.29. The molecule has 0 radical (unpaired) electrons. The van der Waals surface area contributed by atoms with Crippen molar-refractivity contribution in [1.29, 1.82) is 0 Å². The lowest BCUT2D eigenvalue weighted by atomic mass is 9.89. The number of aryl methyl sites for hydroxylation is 1. The summed E-state index contributed by atoms with van der Waals surface area (Å²) >= 11 is 3.25. The molecule has 104 valence electrons. The fraction of sp³-hybridized carbons (Fsp3) is 0.250. The third kappa shape index (κ3) is 2.50. The molecule has 0 heterocycles.